The summed E-state index contributed by atoms with van der Waals surface area (Å²) in [7, 11) is 0. The van der Waals surface area contributed by atoms with Gasteiger partial charge in [0, 0.05) is 4.90 Å². The molecule has 1 aromatic rings. The Hall–Kier alpha value is -1.01. The lowest BCUT2D eigenvalue weighted by atomic mass is 10.4. The van der Waals surface area contributed by atoms with Gasteiger partial charge in [0.1, 0.15) is 5.82 Å². The first-order valence-electron chi connectivity index (χ1n) is 3.54. The molecule has 1 aromatic carbocycles. The van der Waals surface area contributed by atoms with E-state index in [2.05, 4.69) is 6.07 Å². The van der Waals surface area contributed by atoms with Crippen molar-refractivity contribution in [2.75, 3.05) is 0 Å². The van der Waals surface area contributed by atoms with Crippen LogP contribution in [0.3, 0.4) is 0 Å². The Bertz CT molecular complexity index is 288. The maximum Gasteiger partial charge on any atom is 0.123 e. The highest BCUT2D eigenvalue weighted by molar-refractivity contribution is 8.00. The van der Waals surface area contributed by atoms with E-state index >= 15 is 0 Å². The molecule has 0 spiro atoms. The van der Waals surface area contributed by atoms with Gasteiger partial charge in [0.2, 0.25) is 0 Å². The van der Waals surface area contributed by atoms with Crippen LogP contribution in [0, 0.1) is 17.1 Å². The third-order valence-electron chi connectivity index (χ3n) is 1.31. The molecule has 0 aliphatic heterocycles. The third kappa shape index (κ3) is 2.55. The number of benzene rings is 1. The van der Waals surface area contributed by atoms with Gasteiger partial charge in [0.25, 0.3) is 0 Å². The minimum Gasteiger partial charge on any atom is -0.207 e. The van der Waals surface area contributed by atoms with Crippen molar-refractivity contribution in [1.82, 2.24) is 0 Å². The zero-order chi connectivity index (χ0) is 8.97. The van der Waals surface area contributed by atoms with Crippen molar-refractivity contribution in [2.45, 2.75) is 17.1 Å². The fourth-order valence-electron chi connectivity index (χ4n) is 0.744. The molecule has 0 bridgehead atoms. The zero-order valence-electron chi connectivity index (χ0n) is 6.62. The van der Waals surface area contributed by atoms with Gasteiger partial charge in [-0.3, -0.25) is 0 Å². The van der Waals surface area contributed by atoms with E-state index in [1.807, 2.05) is 6.92 Å². The second kappa shape index (κ2) is 4.13. The van der Waals surface area contributed by atoms with Crippen molar-refractivity contribution in [2.24, 2.45) is 0 Å². The summed E-state index contributed by atoms with van der Waals surface area (Å²) in [6.45, 7) is 1.81. The van der Waals surface area contributed by atoms with E-state index in [1.54, 1.807) is 12.1 Å². The first-order chi connectivity index (χ1) is 5.72. The van der Waals surface area contributed by atoms with E-state index in [0.29, 0.717) is 0 Å². The minimum atomic E-state index is -0.246. The molecular formula is C9H8FNS. The average molecular weight is 181 g/mol. The topological polar surface area (TPSA) is 23.8 Å². The lowest BCUT2D eigenvalue weighted by molar-refractivity contribution is 0.626. The molecule has 0 aliphatic carbocycles. The van der Waals surface area contributed by atoms with Gasteiger partial charge in [0.15, 0.2) is 0 Å². The van der Waals surface area contributed by atoms with E-state index in [4.69, 9.17) is 5.26 Å². The van der Waals surface area contributed by atoms with Gasteiger partial charge in [0.05, 0.1) is 11.3 Å². The van der Waals surface area contributed by atoms with Crippen LogP contribution in [0.25, 0.3) is 0 Å². The number of nitrogens with zero attached hydrogens (tertiary/aromatic N) is 1. The standard InChI is InChI=1S/C9H8FNS/c1-7(6-11)12-9-4-2-8(10)3-5-9/h2-5,7H,1H3. The highest BCUT2D eigenvalue weighted by atomic mass is 32.2. The summed E-state index contributed by atoms with van der Waals surface area (Å²) in [4.78, 5) is 0.922. The molecule has 1 atom stereocenters. The first kappa shape index (κ1) is 9.08. The summed E-state index contributed by atoms with van der Waals surface area (Å²) in [6, 6.07) is 8.24. The number of halogens is 1. The lowest BCUT2D eigenvalue weighted by Gasteiger charge is -2.00. The maximum absolute atomic E-state index is 12.4. The van der Waals surface area contributed by atoms with E-state index < -0.39 is 0 Å². The molecule has 1 rings (SSSR count). The van der Waals surface area contributed by atoms with Crippen LogP contribution in [0.1, 0.15) is 6.92 Å². The molecule has 0 heterocycles. The summed E-state index contributed by atoms with van der Waals surface area (Å²) in [6.07, 6.45) is 0. The fraction of sp³-hybridized carbons (Fsp3) is 0.222. The Kier molecular flexibility index (Phi) is 3.12. The van der Waals surface area contributed by atoms with Crippen molar-refractivity contribution in [1.29, 1.82) is 5.26 Å². The SMILES string of the molecule is CC(C#N)Sc1ccc(F)cc1. The van der Waals surface area contributed by atoms with Crippen LogP contribution in [0.15, 0.2) is 29.2 Å². The molecule has 1 unspecified atom stereocenters. The Morgan fingerprint density at radius 1 is 1.42 bits per heavy atom. The molecule has 0 aromatic heterocycles. The normalized spacial score (nSPS) is 12.1. The van der Waals surface area contributed by atoms with E-state index in [1.165, 1.54) is 23.9 Å². The number of nitriles is 1. The van der Waals surface area contributed by atoms with Crippen LogP contribution in [0.5, 0.6) is 0 Å². The van der Waals surface area contributed by atoms with Gasteiger partial charge in [-0.1, -0.05) is 0 Å². The fourth-order valence-corrected chi connectivity index (χ4v) is 1.50. The van der Waals surface area contributed by atoms with Gasteiger partial charge in [-0.05, 0) is 31.2 Å². The van der Waals surface area contributed by atoms with Crippen LogP contribution in [-0.2, 0) is 0 Å². The number of rotatable bonds is 2. The first-order valence-corrected chi connectivity index (χ1v) is 4.42. The molecule has 0 saturated heterocycles. The summed E-state index contributed by atoms with van der Waals surface area (Å²) in [5.41, 5.74) is 0. The Morgan fingerprint density at radius 3 is 2.50 bits per heavy atom. The second-order valence-electron chi connectivity index (χ2n) is 2.34. The number of hydrogen-bond acceptors (Lipinski definition) is 2. The van der Waals surface area contributed by atoms with Crippen LogP contribution in [0.4, 0.5) is 4.39 Å². The van der Waals surface area contributed by atoms with E-state index in [9.17, 15) is 4.39 Å². The van der Waals surface area contributed by atoms with Crippen molar-refractivity contribution in [3.63, 3.8) is 0 Å². The van der Waals surface area contributed by atoms with Crippen molar-refractivity contribution >= 4 is 11.8 Å². The molecule has 1 nitrogen and oxygen atoms in total. The molecule has 0 aliphatic rings. The predicted molar refractivity (Wildman–Crippen MR) is 47.3 cm³/mol. The molecular weight excluding hydrogens is 173 g/mol. The third-order valence-corrected chi connectivity index (χ3v) is 2.31. The number of hydrogen-bond donors (Lipinski definition) is 0. The summed E-state index contributed by atoms with van der Waals surface area (Å²) in [5, 5.41) is 8.42. The predicted octanol–water partition coefficient (Wildman–Crippen LogP) is 2.83. The zero-order valence-corrected chi connectivity index (χ0v) is 7.44. The molecule has 62 valence electrons. The number of thioether (sulfide) groups is 1. The molecule has 3 heteroatoms. The van der Waals surface area contributed by atoms with Gasteiger partial charge >= 0.3 is 0 Å². The smallest absolute Gasteiger partial charge is 0.123 e. The van der Waals surface area contributed by atoms with Gasteiger partial charge < -0.3 is 0 Å². The van der Waals surface area contributed by atoms with Crippen molar-refractivity contribution in [3.05, 3.63) is 30.1 Å². The Balaban J connectivity index is 2.66. The monoisotopic (exact) mass is 181 g/mol. The summed E-state index contributed by atoms with van der Waals surface area (Å²) < 4.78 is 12.4. The maximum atomic E-state index is 12.4. The summed E-state index contributed by atoms with van der Waals surface area (Å²) in [5.74, 6) is -0.246. The molecule has 0 radical (unpaired) electrons. The van der Waals surface area contributed by atoms with E-state index in [0.717, 1.165) is 4.90 Å². The molecule has 0 fully saturated rings. The Labute approximate surface area is 75.2 Å². The van der Waals surface area contributed by atoms with Crippen LogP contribution < -0.4 is 0 Å². The summed E-state index contributed by atoms with van der Waals surface area (Å²) >= 11 is 1.42. The molecule has 0 amide bonds. The highest BCUT2D eigenvalue weighted by Gasteiger charge is 2.01. The quantitative estimate of drug-likeness (QED) is 0.655. The average Bonchev–Trinajstić information content (AvgIpc) is 2.09. The van der Waals surface area contributed by atoms with Crippen molar-refractivity contribution < 1.29 is 4.39 Å². The highest BCUT2D eigenvalue weighted by Crippen LogP contribution is 2.22. The second-order valence-corrected chi connectivity index (χ2v) is 3.76. The van der Waals surface area contributed by atoms with Crippen molar-refractivity contribution in [3.8, 4) is 6.07 Å². The van der Waals surface area contributed by atoms with Gasteiger partial charge in [-0.25, -0.2) is 4.39 Å². The van der Waals surface area contributed by atoms with E-state index in [-0.39, 0.29) is 11.1 Å². The lowest BCUT2D eigenvalue weighted by Crippen LogP contribution is -1.88. The molecule has 0 N–H and O–H groups in total. The molecule has 0 saturated carbocycles. The minimum absolute atomic E-state index is 0.0875. The van der Waals surface area contributed by atoms with Gasteiger partial charge in [-0.2, -0.15) is 5.26 Å². The van der Waals surface area contributed by atoms with Crippen LogP contribution >= 0.6 is 11.8 Å². The van der Waals surface area contributed by atoms with Gasteiger partial charge in [-0.15, -0.1) is 11.8 Å². The largest absolute Gasteiger partial charge is 0.207 e. The molecule has 12 heavy (non-hydrogen) atoms. The van der Waals surface area contributed by atoms with Crippen LogP contribution in [0.2, 0.25) is 0 Å². The Morgan fingerprint density at radius 2 is 2.00 bits per heavy atom. The van der Waals surface area contributed by atoms with Crippen LogP contribution in [-0.4, -0.2) is 5.25 Å².